The highest BCUT2D eigenvalue weighted by Crippen LogP contribution is 2.26. The van der Waals surface area contributed by atoms with Crippen molar-refractivity contribution in [3.8, 4) is 0 Å². The maximum Gasteiger partial charge on any atom is 0.175 e. The third kappa shape index (κ3) is 4.34. The van der Waals surface area contributed by atoms with Crippen molar-refractivity contribution in [2.24, 2.45) is 5.92 Å². The molecule has 0 saturated carbocycles. The number of rotatable bonds is 5. The first-order valence-electron chi connectivity index (χ1n) is 8.84. The molecular formula is C21H26N2O2S. The van der Waals surface area contributed by atoms with Crippen LogP contribution in [0.3, 0.4) is 0 Å². The van der Waals surface area contributed by atoms with Crippen molar-refractivity contribution in [1.29, 1.82) is 0 Å². The van der Waals surface area contributed by atoms with Crippen LogP contribution in [0.25, 0.3) is 0 Å². The number of benzene rings is 2. The van der Waals surface area contributed by atoms with Gasteiger partial charge in [-0.3, -0.25) is 4.90 Å². The molecular weight excluding hydrogens is 344 g/mol. The molecule has 4 nitrogen and oxygen atoms in total. The van der Waals surface area contributed by atoms with Crippen molar-refractivity contribution >= 4 is 15.5 Å². The lowest BCUT2D eigenvalue weighted by atomic mass is 9.89. The average Bonchev–Trinajstić information content (AvgIpc) is 2.59. The van der Waals surface area contributed by atoms with Crippen LogP contribution in [0.15, 0.2) is 71.6 Å². The summed E-state index contributed by atoms with van der Waals surface area (Å²) >= 11 is 0. The lowest BCUT2D eigenvalue weighted by molar-refractivity contribution is 0.203. The van der Waals surface area contributed by atoms with E-state index in [0.717, 1.165) is 29.9 Å². The lowest BCUT2D eigenvalue weighted by Gasteiger charge is -2.39. The molecule has 5 heteroatoms. The maximum atomic E-state index is 12.0. The first kappa shape index (κ1) is 18.7. The maximum absolute atomic E-state index is 12.0. The van der Waals surface area contributed by atoms with Crippen LogP contribution in [-0.4, -0.2) is 38.7 Å². The van der Waals surface area contributed by atoms with Gasteiger partial charge in [-0.15, -0.1) is 0 Å². The van der Waals surface area contributed by atoms with Crippen LogP contribution >= 0.6 is 0 Å². The van der Waals surface area contributed by atoms with Gasteiger partial charge in [-0.05, 0) is 35.3 Å². The fourth-order valence-corrected chi connectivity index (χ4v) is 4.62. The van der Waals surface area contributed by atoms with Crippen LogP contribution in [0.2, 0.25) is 0 Å². The summed E-state index contributed by atoms with van der Waals surface area (Å²) in [6, 6.07) is 17.7. The molecule has 0 aliphatic carbocycles. The molecule has 1 N–H and O–H groups in total. The molecule has 2 aromatic carbocycles. The molecule has 1 aliphatic rings. The number of nitrogens with one attached hydrogen (secondary N) is 1. The number of hydrogen-bond donors (Lipinski definition) is 1. The summed E-state index contributed by atoms with van der Waals surface area (Å²) < 4.78 is 24.1. The highest BCUT2D eigenvalue weighted by Gasteiger charge is 2.29. The van der Waals surface area contributed by atoms with E-state index in [9.17, 15) is 8.42 Å². The van der Waals surface area contributed by atoms with E-state index in [1.165, 1.54) is 6.26 Å². The van der Waals surface area contributed by atoms with Crippen molar-refractivity contribution in [3.63, 3.8) is 0 Å². The molecule has 1 saturated heterocycles. The smallest absolute Gasteiger partial charge is 0.175 e. The van der Waals surface area contributed by atoms with E-state index in [1.807, 2.05) is 30.3 Å². The predicted octanol–water partition coefficient (Wildman–Crippen LogP) is 3.58. The second-order valence-electron chi connectivity index (χ2n) is 7.17. The highest BCUT2D eigenvalue weighted by molar-refractivity contribution is 7.90. The van der Waals surface area contributed by atoms with E-state index >= 15 is 0 Å². The molecule has 1 fully saturated rings. The molecule has 2 unspecified atom stereocenters. The molecule has 2 atom stereocenters. The molecule has 0 amide bonds. The molecule has 0 spiro atoms. The van der Waals surface area contributed by atoms with Crippen LogP contribution in [0.1, 0.15) is 12.5 Å². The number of likely N-dealkylation sites (tertiary alicyclic amines) is 1. The Kier molecular flexibility index (Phi) is 5.49. The van der Waals surface area contributed by atoms with Gasteiger partial charge >= 0.3 is 0 Å². The van der Waals surface area contributed by atoms with Crippen LogP contribution in [0.5, 0.6) is 0 Å². The Labute approximate surface area is 156 Å². The van der Waals surface area contributed by atoms with Crippen LogP contribution in [-0.2, 0) is 16.4 Å². The van der Waals surface area contributed by atoms with E-state index in [-0.39, 0.29) is 6.04 Å². The summed E-state index contributed by atoms with van der Waals surface area (Å²) in [5, 5.41) is 3.58. The molecule has 1 aliphatic heterocycles. The summed E-state index contributed by atoms with van der Waals surface area (Å²) in [7, 11) is -3.22. The zero-order valence-corrected chi connectivity index (χ0v) is 16.2. The molecule has 2 aromatic rings. The summed E-state index contributed by atoms with van der Waals surface area (Å²) in [6.45, 7) is 8.75. The molecule has 1 heterocycles. The molecule has 0 aromatic heterocycles. The van der Waals surface area contributed by atoms with E-state index in [1.54, 1.807) is 12.1 Å². The van der Waals surface area contributed by atoms with Gasteiger partial charge in [0.05, 0.1) is 10.9 Å². The Morgan fingerprint density at radius 1 is 1.12 bits per heavy atom. The number of hydrogen-bond acceptors (Lipinski definition) is 4. The van der Waals surface area contributed by atoms with Crippen molar-refractivity contribution in [1.82, 2.24) is 4.90 Å². The second-order valence-corrected chi connectivity index (χ2v) is 9.16. The minimum absolute atomic E-state index is 0.221. The number of para-hydroxylation sites is 1. The number of piperidine rings is 1. The Bertz CT molecular complexity index is 878. The van der Waals surface area contributed by atoms with Crippen molar-refractivity contribution in [2.45, 2.75) is 24.4 Å². The summed E-state index contributed by atoms with van der Waals surface area (Å²) in [6.07, 6.45) is 1.27. The van der Waals surface area contributed by atoms with Gasteiger partial charge in [-0.2, -0.15) is 0 Å². The number of nitrogens with zero attached hydrogens (tertiary/aromatic N) is 1. The SMILES string of the molecule is C=C1CN(Cc2ccccc2S(C)(=O)=O)CC(C)C1Nc1ccccc1. The minimum Gasteiger partial charge on any atom is -0.378 e. The third-order valence-electron chi connectivity index (χ3n) is 4.84. The third-order valence-corrected chi connectivity index (χ3v) is 6.04. The molecule has 0 bridgehead atoms. The summed E-state index contributed by atoms with van der Waals surface area (Å²) in [4.78, 5) is 2.70. The van der Waals surface area contributed by atoms with Crippen molar-refractivity contribution in [3.05, 3.63) is 72.3 Å². The Balaban J connectivity index is 1.71. The van der Waals surface area contributed by atoms with Gasteiger partial charge in [0.2, 0.25) is 0 Å². The quantitative estimate of drug-likeness (QED) is 0.818. The first-order valence-corrected chi connectivity index (χ1v) is 10.7. The predicted molar refractivity (Wildman–Crippen MR) is 107 cm³/mol. The minimum atomic E-state index is -3.22. The van der Waals surface area contributed by atoms with Crippen LogP contribution < -0.4 is 5.32 Å². The van der Waals surface area contributed by atoms with E-state index in [0.29, 0.717) is 17.4 Å². The highest BCUT2D eigenvalue weighted by atomic mass is 32.2. The van der Waals surface area contributed by atoms with Crippen molar-refractivity contribution in [2.75, 3.05) is 24.7 Å². The number of sulfone groups is 1. The lowest BCUT2D eigenvalue weighted by Crippen LogP contribution is -2.46. The van der Waals surface area contributed by atoms with Gasteiger partial charge in [0.1, 0.15) is 0 Å². The first-order chi connectivity index (χ1) is 12.3. The largest absolute Gasteiger partial charge is 0.378 e. The van der Waals surface area contributed by atoms with Crippen LogP contribution in [0.4, 0.5) is 5.69 Å². The molecule has 138 valence electrons. The monoisotopic (exact) mass is 370 g/mol. The van der Waals surface area contributed by atoms with Crippen molar-refractivity contribution < 1.29 is 8.42 Å². The van der Waals surface area contributed by atoms with E-state index < -0.39 is 9.84 Å². The van der Waals surface area contributed by atoms with E-state index in [4.69, 9.17) is 0 Å². The Hall–Kier alpha value is -2.11. The normalized spacial score (nSPS) is 21.5. The Morgan fingerprint density at radius 3 is 2.42 bits per heavy atom. The molecule has 0 radical (unpaired) electrons. The Morgan fingerprint density at radius 2 is 1.77 bits per heavy atom. The zero-order valence-electron chi connectivity index (χ0n) is 15.4. The number of anilines is 1. The molecule has 26 heavy (non-hydrogen) atoms. The summed E-state index contributed by atoms with van der Waals surface area (Å²) in [5.74, 6) is 0.377. The zero-order chi connectivity index (χ0) is 18.7. The topological polar surface area (TPSA) is 49.4 Å². The van der Waals surface area contributed by atoms with E-state index in [2.05, 4.69) is 35.9 Å². The van der Waals surface area contributed by atoms with Crippen LogP contribution in [0, 0.1) is 5.92 Å². The molecule has 3 rings (SSSR count). The fourth-order valence-electron chi connectivity index (χ4n) is 3.68. The second kappa shape index (κ2) is 7.64. The van der Waals surface area contributed by atoms with Gasteiger partial charge in [0.15, 0.2) is 9.84 Å². The standard InChI is InChI=1S/C21H26N2O2S/c1-16-13-23(15-18-9-7-8-12-20(18)26(3,24)25)14-17(2)21(16)22-19-10-5-4-6-11-19/h4-12,17,21-22H,1,13-15H2,2-3H3. The van der Waals surface area contributed by atoms with Gasteiger partial charge in [0.25, 0.3) is 0 Å². The average molecular weight is 371 g/mol. The fraction of sp³-hybridized carbons (Fsp3) is 0.333. The van der Waals surface area contributed by atoms with Gasteiger partial charge in [0, 0.05) is 31.6 Å². The van der Waals surface area contributed by atoms with Gasteiger partial charge < -0.3 is 5.32 Å². The summed E-state index contributed by atoms with van der Waals surface area (Å²) in [5.41, 5.74) is 3.08. The van der Waals surface area contributed by atoms with Gasteiger partial charge in [-0.1, -0.05) is 49.9 Å². The van der Waals surface area contributed by atoms with Gasteiger partial charge in [-0.25, -0.2) is 8.42 Å².